The molecule has 0 aliphatic heterocycles. The molecule has 1 aliphatic rings. The van der Waals surface area contributed by atoms with Crippen molar-refractivity contribution in [2.24, 2.45) is 5.73 Å². The van der Waals surface area contributed by atoms with Crippen LogP contribution in [0.3, 0.4) is 0 Å². The van der Waals surface area contributed by atoms with Crippen molar-refractivity contribution in [3.63, 3.8) is 0 Å². The minimum Gasteiger partial charge on any atom is -0.390 e. The SMILES string of the molecule is NCCC1(O)CCC(c2ccccc2)CC1. The number of aliphatic hydroxyl groups is 1. The van der Waals surface area contributed by atoms with Gasteiger partial charge in [0.25, 0.3) is 0 Å². The second kappa shape index (κ2) is 4.98. The lowest BCUT2D eigenvalue weighted by Gasteiger charge is -2.36. The van der Waals surface area contributed by atoms with E-state index in [2.05, 4.69) is 30.3 Å². The number of hydrogen-bond acceptors (Lipinski definition) is 2. The van der Waals surface area contributed by atoms with Gasteiger partial charge in [-0.15, -0.1) is 0 Å². The quantitative estimate of drug-likeness (QED) is 0.820. The molecule has 1 aromatic carbocycles. The van der Waals surface area contributed by atoms with Crippen LogP contribution in [0.4, 0.5) is 0 Å². The average Bonchev–Trinajstić information content (AvgIpc) is 2.31. The van der Waals surface area contributed by atoms with Gasteiger partial charge in [-0.1, -0.05) is 30.3 Å². The lowest BCUT2D eigenvalue weighted by atomic mass is 9.75. The zero-order valence-corrected chi connectivity index (χ0v) is 9.73. The first kappa shape index (κ1) is 11.6. The van der Waals surface area contributed by atoms with Crippen LogP contribution in [0.25, 0.3) is 0 Å². The van der Waals surface area contributed by atoms with Crippen molar-refractivity contribution in [1.29, 1.82) is 0 Å². The Morgan fingerprint density at radius 1 is 1.19 bits per heavy atom. The molecule has 0 radical (unpaired) electrons. The predicted octanol–water partition coefficient (Wildman–Crippen LogP) is 2.42. The van der Waals surface area contributed by atoms with Gasteiger partial charge in [0, 0.05) is 0 Å². The fraction of sp³-hybridized carbons (Fsp3) is 0.571. The topological polar surface area (TPSA) is 46.2 Å². The summed E-state index contributed by atoms with van der Waals surface area (Å²) in [6.07, 6.45) is 4.70. The molecule has 1 aromatic rings. The zero-order valence-electron chi connectivity index (χ0n) is 9.73. The Bertz CT molecular complexity index is 315. The molecular formula is C14H21NO. The smallest absolute Gasteiger partial charge is 0.0660 e. The van der Waals surface area contributed by atoms with Gasteiger partial charge < -0.3 is 10.8 Å². The van der Waals surface area contributed by atoms with E-state index in [1.54, 1.807) is 0 Å². The molecule has 2 nitrogen and oxygen atoms in total. The number of rotatable bonds is 3. The highest BCUT2D eigenvalue weighted by molar-refractivity contribution is 5.20. The Morgan fingerprint density at radius 3 is 2.38 bits per heavy atom. The number of benzene rings is 1. The molecule has 0 atom stereocenters. The van der Waals surface area contributed by atoms with Gasteiger partial charge in [-0.2, -0.15) is 0 Å². The van der Waals surface area contributed by atoms with Crippen molar-refractivity contribution in [2.75, 3.05) is 6.54 Å². The summed E-state index contributed by atoms with van der Waals surface area (Å²) in [6, 6.07) is 10.6. The summed E-state index contributed by atoms with van der Waals surface area (Å²) in [5.74, 6) is 0.624. The largest absolute Gasteiger partial charge is 0.390 e. The van der Waals surface area contributed by atoms with Crippen LogP contribution in [0.1, 0.15) is 43.6 Å². The van der Waals surface area contributed by atoms with E-state index >= 15 is 0 Å². The standard InChI is InChI=1S/C14H21NO/c15-11-10-14(16)8-6-13(7-9-14)12-4-2-1-3-5-12/h1-5,13,16H,6-11,15H2. The Kier molecular flexibility index (Phi) is 3.62. The maximum atomic E-state index is 10.3. The fourth-order valence-electron chi connectivity index (χ4n) is 2.73. The lowest BCUT2D eigenvalue weighted by Crippen LogP contribution is -2.35. The molecule has 88 valence electrons. The van der Waals surface area contributed by atoms with Crippen LogP contribution in [-0.4, -0.2) is 17.3 Å². The van der Waals surface area contributed by atoms with E-state index in [1.807, 2.05) is 0 Å². The Morgan fingerprint density at radius 2 is 1.81 bits per heavy atom. The third kappa shape index (κ3) is 2.63. The van der Waals surface area contributed by atoms with Gasteiger partial charge in [0.1, 0.15) is 0 Å². The molecule has 0 unspecified atom stereocenters. The molecule has 3 N–H and O–H groups in total. The maximum absolute atomic E-state index is 10.3. The highest BCUT2D eigenvalue weighted by atomic mass is 16.3. The fourth-order valence-corrected chi connectivity index (χ4v) is 2.73. The second-order valence-corrected chi connectivity index (χ2v) is 4.95. The van der Waals surface area contributed by atoms with Crippen LogP contribution in [-0.2, 0) is 0 Å². The van der Waals surface area contributed by atoms with Gasteiger partial charge >= 0.3 is 0 Å². The van der Waals surface area contributed by atoms with Crippen LogP contribution in [0.15, 0.2) is 30.3 Å². The third-order valence-electron chi connectivity index (χ3n) is 3.80. The van der Waals surface area contributed by atoms with Crippen molar-refractivity contribution >= 4 is 0 Å². The van der Waals surface area contributed by atoms with Crippen LogP contribution >= 0.6 is 0 Å². The van der Waals surface area contributed by atoms with E-state index < -0.39 is 5.60 Å². The first-order valence-corrected chi connectivity index (χ1v) is 6.21. The van der Waals surface area contributed by atoms with Crippen LogP contribution < -0.4 is 5.73 Å². The normalized spacial score (nSPS) is 30.2. The minimum atomic E-state index is -0.486. The summed E-state index contributed by atoms with van der Waals surface area (Å²) < 4.78 is 0. The Hall–Kier alpha value is -0.860. The third-order valence-corrected chi connectivity index (χ3v) is 3.80. The predicted molar refractivity (Wildman–Crippen MR) is 66.3 cm³/mol. The van der Waals surface area contributed by atoms with E-state index in [4.69, 9.17) is 5.73 Å². The van der Waals surface area contributed by atoms with Gasteiger partial charge in [0.05, 0.1) is 5.60 Å². The monoisotopic (exact) mass is 219 g/mol. The highest BCUT2D eigenvalue weighted by Gasteiger charge is 2.32. The van der Waals surface area contributed by atoms with Gasteiger partial charge in [-0.25, -0.2) is 0 Å². The molecule has 0 spiro atoms. The molecule has 0 saturated heterocycles. The Balaban J connectivity index is 1.95. The summed E-state index contributed by atoms with van der Waals surface area (Å²) >= 11 is 0. The van der Waals surface area contributed by atoms with Crippen molar-refractivity contribution in [2.45, 2.75) is 43.6 Å². The first-order valence-electron chi connectivity index (χ1n) is 6.21. The molecule has 1 aliphatic carbocycles. The van der Waals surface area contributed by atoms with Gasteiger partial charge in [0.15, 0.2) is 0 Å². The Labute approximate surface area is 97.5 Å². The molecule has 2 heteroatoms. The van der Waals surface area contributed by atoms with Crippen molar-refractivity contribution in [1.82, 2.24) is 0 Å². The van der Waals surface area contributed by atoms with E-state index in [1.165, 1.54) is 5.56 Å². The molecule has 0 amide bonds. The maximum Gasteiger partial charge on any atom is 0.0660 e. The van der Waals surface area contributed by atoms with Crippen LogP contribution in [0.5, 0.6) is 0 Å². The van der Waals surface area contributed by atoms with Gasteiger partial charge in [-0.3, -0.25) is 0 Å². The second-order valence-electron chi connectivity index (χ2n) is 4.95. The molecule has 0 aromatic heterocycles. The summed E-state index contributed by atoms with van der Waals surface area (Å²) in [4.78, 5) is 0. The number of nitrogens with two attached hydrogens (primary N) is 1. The summed E-state index contributed by atoms with van der Waals surface area (Å²) in [6.45, 7) is 0.590. The minimum absolute atomic E-state index is 0.486. The first-order chi connectivity index (χ1) is 7.73. The van der Waals surface area contributed by atoms with E-state index in [0.29, 0.717) is 12.5 Å². The highest BCUT2D eigenvalue weighted by Crippen LogP contribution is 2.39. The molecule has 2 rings (SSSR count). The van der Waals surface area contributed by atoms with Crippen LogP contribution in [0, 0.1) is 0 Å². The van der Waals surface area contributed by atoms with Crippen molar-refractivity contribution in [3.8, 4) is 0 Å². The van der Waals surface area contributed by atoms with E-state index in [9.17, 15) is 5.11 Å². The lowest BCUT2D eigenvalue weighted by molar-refractivity contribution is -0.00621. The van der Waals surface area contributed by atoms with Gasteiger partial charge in [-0.05, 0) is 50.1 Å². The average molecular weight is 219 g/mol. The molecule has 0 bridgehead atoms. The molecule has 0 heterocycles. The van der Waals surface area contributed by atoms with E-state index in [-0.39, 0.29) is 0 Å². The van der Waals surface area contributed by atoms with Crippen molar-refractivity contribution in [3.05, 3.63) is 35.9 Å². The summed E-state index contributed by atoms with van der Waals surface area (Å²) in [5, 5.41) is 10.3. The van der Waals surface area contributed by atoms with Gasteiger partial charge in [0.2, 0.25) is 0 Å². The summed E-state index contributed by atoms with van der Waals surface area (Å²) in [5.41, 5.74) is 6.46. The van der Waals surface area contributed by atoms with E-state index in [0.717, 1.165) is 32.1 Å². The molecular weight excluding hydrogens is 198 g/mol. The molecule has 1 saturated carbocycles. The summed E-state index contributed by atoms with van der Waals surface area (Å²) in [7, 11) is 0. The molecule has 1 fully saturated rings. The molecule has 16 heavy (non-hydrogen) atoms. The van der Waals surface area contributed by atoms with Crippen LogP contribution in [0.2, 0.25) is 0 Å². The van der Waals surface area contributed by atoms with Crippen molar-refractivity contribution < 1.29 is 5.11 Å². The zero-order chi connectivity index (χ0) is 11.4. The number of hydrogen-bond donors (Lipinski definition) is 2.